The van der Waals surface area contributed by atoms with Crippen molar-refractivity contribution in [1.82, 2.24) is 0 Å². The summed E-state index contributed by atoms with van der Waals surface area (Å²) in [5, 5.41) is 0. The second kappa shape index (κ2) is 3.62. The normalized spacial score (nSPS) is 26.7. The zero-order chi connectivity index (χ0) is 10.1. The molecule has 0 aliphatic heterocycles. The first-order valence-electron chi connectivity index (χ1n) is 5.30. The van der Waals surface area contributed by atoms with Gasteiger partial charge in [0.1, 0.15) is 0 Å². The molecule has 14 heavy (non-hydrogen) atoms. The van der Waals surface area contributed by atoms with Gasteiger partial charge < -0.3 is 11.5 Å². The smallest absolute Gasteiger partial charge is 0.0346 e. The summed E-state index contributed by atoms with van der Waals surface area (Å²) in [5.74, 6) is 0.526. The lowest BCUT2D eigenvalue weighted by Gasteiger charge is -2.16. The fourth-order valence-corrected chi connectivity index (χ4v) is 2.29. The fraction of sp³-hybridized carbons (Fsp3) is 0.500. The van der Waals surface area contributed by atoms with E-state index in [1.807, 2.05) is 6.92 Å². The van der Waals surface area contributed by atoms with E-state index in [2.05, 4.69) is 18.2 Å². The lowest BCUT2D eigenvalue weighted by Crippen LogP contribution is -2.22. The molecule has 2 atom stereocenters. The van der Waals surface area contributed by atoms with E-state index in [0.29, 0.717) is 12.0 Å². The molecule has 0 spiro atoms. The van der Waals surface area contributed by atoms with Crippen LogP contribution in [-0.4, -0.2) is 6.04 Å². The molecule has 1 aliphatic carbocycles. The standard InChI is InChI=1S/C12H18N2/c1-8-5-6-9(7-12(8)14)10-3-2-4-11(10)13/h5-7,10-11H,2-4,13-14H2,1H3. The van der Waals surface area contributed by atoms with Crippen molar-refractivity contribution in [1.29, 1.82) is 0 Å². The number of anilines is 1. The molecular weight excluding hydrogens is 172 g/mol. The van der Waals surface area contributed by atoms with Gasteiger partial charge in [0.05, 0.1) is 0 Å². The van der Waals surface area contributed by atoms with Crippen LogP contribution in [0.15, 0.2) is 18.2 Å². The summed E-state index contributed by atoms with van der Waals surface area (Å²) < 4.78 is 0. The number of nitrogens with two attached hydrogens (primary N) is 2. The van der Waals surface area contributed by atoms with E-state index in [-0.39, 0.29) is 0 Å². The average Bonchev–Trinajstić information content (AvgIpc) is 2.57. The molecule has 1 saturated carbocycles. The number of aryl methyl sites for hydroxylation is 1. The van der Waals surface area contributed by atoms with Crippen molar-refractivity contribution < 1.29 is 0 Å². The number of hydrogen-bond acceptors (Lipinski definition) is 2. The summed E-state index contributed by atoms with van der Waals surface area (Å²) in [4.78, 5) is 0. The molecule has 0 heterocycles. The lowest BCUT2D eigenvalue weighted by atomic mass is 9.93. The van der Waals surface area contributed by atoms with Gasteiger partial charge in [0.2, 0.25) is 0 Å². The second-order valence-electron chi connectivity index (χ2n) is 4.32. The third-order valence-corrected chi connectivity index (χ3v) is 3.30. The summed E-state index contributed by atoms with van der Waals surface area (Å²) in [5.41, 5.74) is 15.3. The SMILES string of the molecule is Cc1ccc(C2CCCC2N)cc1N. The molecule has 2 rings (SSSR count). The zero-order valence-corrected chi connectivity index (χ0v) is 8.66. The van der Waals surface area contributed by atoms with Crippen molar-refractivity contribution in [3.63, 3.8) is 0 Å². The van der Waals surface area contributed by atoms with Crippen molar-refractivity contribution in [3.8, 4) is 0 Å². The van der Waals surface area contributed by atoms with Gasteiger partial charge >= 0.3 is 0 Å². The van der Waals surface area contributed by atoms with E-state index in [1.54, 1.807) is 0 Å². The third kappa shape index (κ3) is 1.62. The number of rotatable bonds is 1. The van der Waals surface area contributed by atoms with Crippen molar-refractivity contribution in [3.05, 3.63) is 29.3 Å². The maximum atomic E-state index is 6.06. The monoisotopic (exact) mass is 190 g/mol. The van der Waals surface area contributed by atoms with Crippen molar-refractivity contribution in [2.75, 3.05) is 5.73 Å². The van der Waals surface area contributed by atoms with Crippen LogP contribution in [0.5, 0.6) is 0 Å². The quantitative estimate of drug-likeness (QED) is 0.667. The van der Waals surface area contributed by atoms with Crippen LogP contribution in [-0.2, 0) is 0 Å². The topological polar surface area (TPSA) is 52.0 Å². The molecule has 4 N–H and O–H groups in total. The maximum absolute atomic E-state index is 6.06. The summed E-state index contributed by atoms with van der Waals surface area (Å²) >= 11 is 0. The minimum absolute atomic E-state index is 0.331. The van der Waals surface area contributed by atoms with E-state index in [9.17, 15) is 0 Å². The Kier molecular flexibility index (Phi) is 2.46. The molecule has 0 aromatic heterocycles. The Morgan fingerprint density at radius 3 is 2.64 bits per heavy atom. The number of nitrogen functional groups attached to an aromatic ring is 1. The Labute approximate surface area is 85.3 Å². The molecular formula is C12H18N2. The molecule has 0 bridgehead atoms. The van der Waals surface area contributed by atoms with Gasteiger partial charge in [0.15, 0.2) is 0 Å². The van der Waals surface area contributed by atoms with Crippen LogP contribution in [0.1, 0.15) is 36.3 Å². The highest BCUT2D eigenvalue weighted by Crippen LogP contribution is 2.34. The minimum atomic E-state index is 0.331. The van der Waals surface area contributed by atoms with Gasteiger partial charge in [0.25, 0.3) is 0 Å². The van der Waals surface area contributed by atoms with Crippen molar-refractivity contribution in [2.45, 2.75) is 38.1 Å². The van der Waals surface area contributed by atoms with Gasteiger partial charge in [-0.15, -0.1) is 0 Å². The molecule has 1 aromatic carbocycles. The summed E-state index contributed by atoms with van der Waals surface area (Å²) in [6.07, 6.45) is 3.61. The van der Waals surface area contributed by atoms with Crippen LogP contribution in [0.25, 0.3) is 0 Å². The Balaban J connectivity index is 2.28. The number of hydrogen-bond donors (Lipinski definition) is 2. The minimum Gasteiger partial charge on any atom is -0.399 e. The van der Waals surface area contributed by atoms with Crippen LogP contribution in [0, 0.1) is 6.92 Å². The summed E-state index contributed by atoms with van der Waals surface area (Å²) in [6, 6.07) is 6.68. The van der Waals surface area contributed by atoms with E-state index in [4.69, 9.17) is 11.5 Å². The van der Waals surface area contributed by atoms with E-state index < -0.39 is 0 Å². The Morgan fingerprint density at radius 1 is 1.29 bits per heavy atom. The van der Waals surface area contributed by atoms with E-state index in [0.717, 1.165) is 17.7 Å². The number of benzene rings is 1. The van der Waals surface area contributed by atoms with Crippen LogP contribution in [0.4, 0.5) is 5.69 Å². The van der Waals surface area contributed by atoms with Gasteiger partial charge in [-0.05, 0) is 42.9 Å². The van der Waals surface area contributed by atoms with Crippen molar-refractivity contribution in [2.24, 2.45) is 5.73 Å². The molecule has 76 valence electrons. The molecule has 2 unspecified atom stereocenters. The van der Waals surface area contributed by atoms with Crippen LogP contribution < -0.4 is 11.5 Å². The van der Waals surface area contributed by atoms with E-state index >= 15 is 0 Å². The molecule has 2 nitrogen and oxygen atoms in total. The first kappa shape index (κ1) is 9.53. The highest BCUT2D eigenvalue weighted by atomic mass is 14.7. The molecule has 1 fully saturated rings. The van der Waals surface area contributed by atoms with Gasteiger partial charge in [-0.2, -0.15) is 0 Å². The average molecular weight is 190 g/mol. The molecule has 1 aliphatic rings. The third-order valence-electron chi connectivity index (χ3n) is 3.30. The molecule has 2 heteroatoms. The van der Waals surface area contributed by atoms with Crippen LogP contribution in [0.3, 0.4) is 0 Å². The van der Waals surface area contributed by atoms with Gasteiger partial charge in [-0.3, -0.25) is 0 Å². The Hall–Kier alpha value is -1.02. The predicted octanol–water partition coefficient (Wildman–Crippen LogP) is 2.17. The second-order valence-corrected chi connectivity index (χ2v) is 4.32. The van der Waals surface area contributed by atoms with Crippen LogP contribution >= 0.6 is 0 Å². The maximum Gasteiger partial charge on any atom is 0.0346 e. The lowest BCUT2D eigenvalue weighted by molar-refractivity contribution is 0.613. The fourth-order valence-electron chi connectivity index (χ4n) is 2.29. The Bertz CT molecular complexity index is 333. The van der Waals surface area contributed by atoms with Gasteiger partial charge in [-0.25, -0.2) is 0 Å². The van der Waals surface area contributed by atoms with Gasteiger partial charge in [-0.1, -0.05) is 18.6 Å². The predicted molar refractivity (Wildman–Crippen MR) is 60.2 cm³/mol. The molecule has 0 saturated heterocycles. The molecule has 1 aromatic rings. The van der Waals surface area contributed by atoms with Crippen molar-refractivity contribution >= 4 is 5.69 Å². The van der Waals surface area contributed by atoms with E-state index in [1.165, 1.54) is 18.4 Å². The first-order chi connectivity index (χ1) is 6.68. The Morgan fingerprint density at radius 2 is 2.07 bits per heavy atom. The first-order valence-corrected chi connectivity index (χ1v) is 5.30. The van der Waals surface area contributed by atoms with Gasteiger partial charge in [0, 0.05) is 11.7 Å². The highest BCUT2D eigenvalue weighted by molar-refractivity contribution is 5.49. The summed E-state index contributed by atoms with van der Waals surface area (Å²) in [6.45, 7) is 2.04. The van der Waals surface area contributed by atoms with Crippen LogP contribution in [0.2, 0.25) is 0 Å². The molecule has 0 radical (unpaired) electrons. The zero-order valence-electron chi connectivity index (χ0n) is 8.66. The highest BCUT2D eigenvalue weighted by Gasteiger charge is 2.25. The largest absolute Gasteiger partial charge is 0.399 e. The molecule has 0 amide bonds. The summed E-state index contributed by atoms with van der Waals surface area (Å²) in [7, 11) is 0.